The van der Waals surface area contributed by atoms with Crippen molar-refractivity contribution in [1.29, 1.82) is 0 Å². The first-order valence-corrected chi connectivity index (χ1v) is 10.1. The third-order valence-electron chi connectivity index (χ3n) is 6.60. The highest BCUT2D eigenvalue weighted by molar-refractivity contribution is 5.77. The van der Waals surface area contributed by atoms with Crippen molar-refractivity contribution >= 4 is 11.9 Å². The van der Waals surface area contributed by atoms with Crippen LogP contribution in [0.3, 0.4) is 0 Å². The number of carbonyl (C=O) groups is 2. The van der Waals surface area contributed by atoms with Crippen molar-refractivity contribution in [3.8, 4) is 0 Å². The molecule has 0 unspecified atom stereocenters. The molecule has 0 atom stereocenters. The molecule has 1 saturated carbocycles. The maximum absolute atomic E-state index is 11.4. The van der Waals surface area contributed by atoms with E-state index < -0.39 is 22.8 Å². The Balaban J connectivity index is 2.09. The van der Waals surface area contributed by atoms with Crippen LogP contribution in [0.1, 0.15) is 80.2 Å². The van der Waals surface area contributed by atoms with Gasteiger partial charge in [-0.1, -0.05) is 6.07 Å². The molecule has 0 spiro atoms. The number of carboxylic acids is 2. The fourth-order valence-corrected chi connectivity index (χ4v) is 3.94. The minimum Gasteiger partial charge on any atom is -0.481 e. The Kier molecular flexibility index (Phi) is 6.39. The van der Waals surface area contributed by atoms with Crippen LogP contribution in [0.2, 0.25) is 0 Å². The Morgan fingerprint density at radius 2 is 1.67 bits per heavy atom. The van der Waals surface area contributed by atoms with Crippen molar-refractivity contribution < 1.29 is 19.8 Å². The fourth-order valence-electron chi connectivity index (χ4n) is 3.94. The van der Waals surface area contributed by atoms with E-state index in [0.717, 1.165) is 44.9 Å². The van der Waals surface area contributed by atoms with Gasteiger partial charge in [0, 0.05) is 0 Å². The van der Waals surface area contributed by atoms with Crippen LogP contribution in [-0.4, -0.2) is 22.2 Å². The number of hydrogen-bond acceptors (Lipinski definition) is 2. The Hall–Kier alpha value is -1.84. The topological polar surface area (TPSA) is 74.6 Å². The summed E-state index contributed by atoms with van der Waals surface area (Å²) in [5.41, 5.74) is 5.36. The molecule has 150 valence electrons. The van der Waals surface area contributed by atoms with E-state index in [4.69, 9.17) is 0 Å². The van der Waals surface area contributed by atoms with E-state index in [1.165, 1.54) is 27.8 Å². The largest absolute Gasteiger partial charge is 0.481 e. The van der Waals surface area contributed by atoms with Gasteiger partial charge in [-0.15, -0.1) is 0 Å². The third-order valence-corrected chi connectivity index (χ3v) is 6.60. The molecule has 4 nitrogen and oxygen atoms in total. The third kappa shape index (κ3) is 4.91. The van der Waals surface area contributed by atoms with Gasteiger partial charge in [-0.3, -0.25) is 9.59 Å². The lowest BCUT2D eigenvalue weighted by Crippen LogP contribution is -2.23. The highest BCUT2D eigenvalue weighted by Crippen LogP contribution is 2.50. The molecule has 4 heteroatoms. The Morgan fingerprint density at radius 3 is 2.19 bits per heavy atom. The van der Waals surface area contributed by atoms with Crippen LogP contribution in [0.4, 0.5) is 0 Å². The summed E-state index contributed by atoms with van der Waals surface area (Å²) in [4.78, 5) is 22.7. The average Bonchev–Trinajstić information content (AvgIpc) is 3.36. The minimum absolute atomic E-state index is 0.458. The van der Waals surface area contributed by atoms with Gasteiger partial charge >= 0.3 is 11.9 Å². The van der Waals surface area contributed by atoms with E-state index in [1.807, 2.05) is 0 Å². The van der Waals surface area contributed by atoms with Crippen molar-refractivity contribution in [1.82, 2.24) is 0 Å². The van der Waals surface area contributed by atoms with Gasteiger partial charge in [0.1, 0.15) is 0 Å². The van der Waals surface area contributed by atoms with Crippen LogP contribution in [0.25, 0.3) is 0 Å². The van der Waals surface area contributed by atoms with Crippen LogP contribution in [0, 0.1) is 31.6 Å². The van der Waals surface area contributed by atoms with Gasteiger partial charge in [-0.05, 0) is 114 Å². The molecule has 0 aromatic heterocycles. The van der Waals surface area contributed by atoms with Crippen LogP contribution in [0.5, 0.6) is 0 Å². The van der Waals surface area contributed by atoms with E-state index in [0.29, 0.717) is 6.42 Å². The molecule has 0 heterocycles. The molecule has 27 heavy (non-hydrogen) atoms. The number of carboxylic acid groups (broad SMARTS) is 2. The average molecular weight is 375 g/mol. The second kappa shape index (κ2) is 8.04. The quantitative estimate of drug-likeness (QED) is 0.588. The lowest BCUT2D eigenvalue weighted by atomic mass is 9.83. The van der Waals surface area contributed by atoms with Crippen LogP contribution in [-0.2, 0) is 22.4 Å². The van der Waals surface area contributed by atoms with Gasteiger partial charge in [0.15, 0.2) is 0 Å². The van der Waals surface area contributed by atoms with Crippen molar-refractivity contribution in [2.75, 3.05) is 0 Å². The predicted molar refractivity (Wildman–Crippen MR) is 107 cm³/mol. The van der Waals surface area contributed by atoms with E-state index in [9.17, 15) is 19.8 Å². The maximum atomic E-state index is 11.4. The summed E-state index contributed by atoms with van der Waals surface area (Å²) in [6.45, 7) is 9.99. The summed E-state index contributed by atoms with van der Waals surface area (Å²) in [6, 6.07) is 2.25. The van der Waals surface area contributed by atoms with Crippen LogP contribution in [0.15, 0.2) is 6.07 Å². The molecule has 0 saturated heterocycles. The second-order valence-corrected chi connectivity index (χ2v) is 9.06. The lowest BCUT2D eigenvalue weighted by molar-refractivity contribution is -0.147. The summed E-state index contributed by atoms with van der Waals surface area (Å²) in [5, 5.41) is 18.7. The van der Waals surface area contributed by atoms with Gasteiger partial charge in [-0.2, -0.15) is 0 Å². The smallest absolute Gasteiger partial charge is 0.309 e. The van der Waals surface area contributed by atoms with Crippen molar-refractivity contribution in [2.45, 2.75) is 86.0 Å². The summed E-state index contributed by atoms with van der Waals surface area (Å²) >= 11 is 0. The molecule has 2 rings (SSSR count). The molecule has 1 aromatic carbocycles. The summed E-state index contributed by atoms with van der Waals surface area (Å²) in [5.74, 6) is -1.39. The monoisotopic (exact) mass is 374 g/mol. The molecular formula is C23H34O4. The van der Waals surface area contributed by atoms with Crippen LogP contribution < -0.4 is 0 Å². The summed E-state index contributed by atoms with van der Waals surface area (Å²) < 4.78 is 0. The molecule has 0 radical (unpaired) electrons. The first kappa shape index (κ1) is 21.5. The standard InChI is InChI=1S/C23H34O4/c1-15-14-18(8-6-11-23(12-13-23)21(26)27)19(17(3)16(15)2)9-7-10-22(4,5)20(24)25/h14H,6-13H2,1-5H3,(H,24,25)(H,26,27). The van der Waals surface area contributed by atoms with Crippen molar-refractivity contribution in [2.24, 2.45) is 10.8 Å². The van der Waals surface area contributed by atoms with Crippen LogP contribution >= 0.6 is 0 Å². The molecule has 1 aromatic rings. The summed E-state index contributed by atoms with van der Waals surface area (Å²) in [6.07, 6.45) is 6.53. The molecule has 0 aliphatic heterocycles. The zero-order valence-electron chi connectivity index (χ0n) is 17.4. The Morgan fingerprint density at radius 1 is 1.04 bits per heavy atom. The number of hydrogen-bond donors (Lipinski definition) is 2. The molecule has 0 bridgehead atoms. The van der Waals surface area contributed by atoms with E-state index >= 15 is 0 Å². The van der Waals surface area contributed by atoms with Crippen molar-refractivity contribution in [3.63, 3.8) is 0 Å². The Bertz CT molecular complexity index is 726. The normalized spacial score (nSPS) is 15.6. The van der Waals surface area contributed by atoms with Gasteiger partial charge < -0.3 is 10.2 Å². The minimum atomic E-state index is -0.747. The van der Waals surface area contributed by atoms with Gasteiger partial charge in [-0.25, -0.2) is 0 Å². The number of rotatable bonds is 10. The number of aliphatic carboxylic acids is 2. The van der Waals surface area contributed by atoms with E-state index in [1.54, 1.807) is 13.8 Å². The first-order valence-electron chi connectivity index (χ1n) is 10.1. The second-order valence-electron chi connectivity index (χ2n) is 9.06. The van der Waals surface area contributed by atoms with E-state index in [-0.39, 0.29) is 0 Å². The molecular weight excluding hydrogens is 340 g/mol. The van der Waals surface area contributed by atoms with Gasteiger partial charge in [0.05, 0.1) is 10.8 Å². The van der Waals surface area contributed by atoms with Gasteiger partial charge in [0.2, 0.25) is 0 Å². The van der Waals surface area contributed by atoms with Crippen molar-refractivity contribution in [3.05, 3.63) is 33.9 Å². The van der Waals surface area contributed by atoms with E-state index in [2.05, 4.69) is 26.8 Å². The summed E-state index contributed by atoms with van der Waals surface area (Å²) in [7, 11) is 0. The maximum Gasteiger partial charge on any atom is 0.309 e. The fraction of sp³-hybridized carbons (Fsp3) is 0.652. The predicted octanol–water partition coefficient (Wildman–Crippen LogP) is 5.23. The molecule has 1 fully saturated rings. The molecule has 1 aliphatic carbocycles. The molecule has 0 amide bonds. The zero-order chi connectivity index (χ0) is 20.4. The SMILES string of the molecule is Cc1cc(CCCC2(C(=O)O)CC2)c(CCCC(C)(C)C(=O)O)c(C)c1C. The number of benzene rings is 1. The Labute approximate surface area is 163 Å². The number of aryl methyl sites for hydroxylation is 2. The highest BCUT2D eigenvalue weighted by atomic mass is 16.4. The first-order chi connectivity index (χ1) is 12.5. The highest BCUT2D eigenvalue weighted by Gasteiger charge is 2.49. The lowest BCUT2D eigenvalue weighted by Gasteiger charge is -2.21. The molecule has 2 N–H and O–H groups in total. The van der Waals surface area contributed by atoms with Gasteiger partial charge in [0.25, 0.3) is 0 Å². The molecule has 1 aliphatic rings. The zero-order valence-corrected chi connectivity index (χ0v) is 17.4.